The van der Waals surface area contributed by atoms with Gasteiger partial charge in [0.2, 0.25) is 5.91 Å². The lowest BCUT2D eigenvalue weighted by atomic mass is 9.88. The minimum Gasteiger partial charge on any atom is -0.497 e. The molecule has 0 spiro atoms. The first-order valence-electron chi connectivity index (χ1n) is 9.02. The fourth-order valence-electron chi connectivity index (χ4n) is 3.67. The number of nitrogens with two attached hydrogens (primary N) is 1. The van der Waals surface area contributed by atoms with Crippen LogP contribution in [0.5, 0.6) is 11.5 Å². The van der Waals surface area contributed by atoms with E-state index in [4.69, 9.17) is 15.2 Å². The number of hydrogen-bond acceptors (Lipinski definition) is 5. The molecule has 27 heavy (non-hydrogen) atoms. The average Bonchev–Trinajstić information content (AvgIpc) is 3.51. The summed E-state index contributed by atoms with van der Waals surface area (Å²) in [6.45, 7) is 0.995. The van der Waals surface area contributed by atoms with Crippen LogP contribution in [0.3, 0.4) is 0 Å². The molecular formula is C21H22N2O4. The van der Waals surface area contributed by atoms with E-state index in [2.05, 4.69) is 5.32 Å². The molecule has 0 radical (unpaired) electrons. The van der Waals surface area contributed by atoms with E-state index >= 15 is 0 Å². The molecule has 4 rings (SSSR count). The van der Waals surface area contributed by atoms with Crippen molar-refractivity contribution in [2.45, 2.75) is 30.9 Å². The third kappa shape index (κ3) is 3.17. The van der Waals surface area contributed by atoms with Crippen LogP contribution in [-0.4, -0.2) is 31.4 Å². The van der Waals surface area contributed by atoms with Crippen molar-refractivity contribution in [2.75, 3.05) is 13.7 Å². The molecule has 1 saturated carbocycles. The van der Waals surface area contributed by atoms with E-state index in [1.807, 2.05) is 30.3 Å². The molecule has 0 saturated heterocycles. The molecule has 6 heteroatoms. The molecule has 6 nitrogen and oxygen atoms in total. The van der Waals surface area contributed by atoms with Crippen molar-refractivity contribution in [2.24, 2.45) is 5.73 Å². The highest BCUT2D eigenvalue weighted by Crippen LogP contribution is 2.50. The van der Waals surface area contributed by atoms with Gasteiger partial charge in [-0.05, 0) is 42.7 Å². The third-order valence-corrected chi connectivity index (χ3v) is 5.40. The first kappa shape index (κ1) is 17.5. The number of amides is 1. The highest BCUT2D eigenvalue weighted by molar-refractivity contribution is 5.97. The Kier molecular flexibility index (Phi) is 4.36. The molecule has 2 aromatic carbocycles. The molecule has 2 aliphatic rings. The number of hydrogen-bond donors (Lipinski definition) is 2. The second-order valence-electron chi connectivity index (χ2n) is 7.10. The predicted octanol–water partition coefficient (Wildman–Crippen LogP) is 1.95. The number of ketones is 1. The molecule has 1 atom stereocenters. The first-order chi connectivity index (χ1) is 13.0. The molecule has 1 fully saturated rings. The Hall–Kier alpha value is -2.86. The van der Waals surface area contributed by atoms with E-state index in [9.17, 15) is 9.59 Å². The molecule has 1 unspecified atom stereocenters. The van der Waals surface area contributed by atoms with Crippen LogP contribution in [0.2, 0.25) is 0 Å². The summed E-state index contributed by atoms with van der Waals surface area (Å²) in [5.74, 6) is 0.816. The largest absolute Gasteiger partial charge is 0.497 e. The second kappa shape index (κ2) is 6.70. The minimum absolute atomic E-state index is 0.0561. The van der Waals surface area contributed by atoms with Crippen LogP contribution < -0.4 is 20.5 Å². The first-order valence-corrected chi connectivity index (χ1v) is 9.02. The van der Waals surface area contributed by atoms with E-state index in [1.54, 1.807) is 19.2 Å². The van der Waals surface area contributed by atoms with Gasteiger partial charge in [0.25, 0.3) is 0 Å². The standard InChI is InChI=1S/C21H22N2O4/c1-26-16-4-2-3-15(10-16)21(7-8-21)19(24)18-12-23-11-14-6-5-13(20(22)25)9-17(14)27-18/h2-6,9-10,18,23H,7-8,11-12H2,1H3,(H2,22,25). The summed E-state index contributed by atoms with van der Waals surface area (Å²) >= 11 is 0. The van der Waals surface area contributed by atoms with Crippen LogP contribution in [-0.2, 0) is 16.8 Å². The second-order valence-corrected chi connectivity index (χ2v) is 7.10. The number of ether oxygens (including phenoxy) is 2. The lowest BCUT2D eigenvalue weighted by molar-refractivity contribution is -0.128. The van der Waals surface area contributed by atoms with Gasteiger partial charge in [-0.3, -0.25) is 9.59 Å². The number of carbonyl (C=O) groups excluding carboxylic acids is 2. The Morgan fingerprint density at radius 2 is 2.04 bits per heavy atom. The van der Waals surface area contributed by atoms with Gasteiger partial charge in [0, 0.05) is 24.2 Å². The fraction of sp³-hybridized carbons (Fsp3) is 0.333. The van der Waals surface area contributed by atoms with Crippen molar-refractivity contribution >= 4 is 11.7 Å². The zero-order chi connectivity index (χ0) is 19.0. The maximum absolute atomic E-state index is 13.4. The number of methoxy groups -OCH3 is 1. The highest BCUT2D eigenvalue weighted by atomic mass is 16.5. The number of rotatable bonds is 5. The smallest absolute Gasteiger partial charge is 0.248 e. The zero-order valence-corrected chi connectivity index (χ0v) is 15.2. The quantitative estimate of drug-likeness (QED) is 0.844. The normalized spacial score (nSPS) is 20.0. The van der Waals surface area contributed by atoms with Crippen LogP contribution in [0, 0.1) is 0 Å². The van der Waals surface area contributed by atoms with Gasteiger partial charge in [0.05, 0.1) is 12.5 Å². The van der Waals surface area contributed by atoms with Crippen molar-refractivity contribution in [3.05, 3.63) is 59.2 Å². The summed E-state index contributed by atoms with van der Waals surface area (Å²) in [5, 5.41) is 3.27. The van der Waals surface area contributed by atoms with Crippen LogP contribution in [0.25, 0.3) is 0 Å². The topological polar surface area (TPSA) is 90.6 Å². The Morgan fingerprint density at radius 1 is 1.22 bits per heavy atom. The van der Waals surface area contributed by atoms with Crippen LogP contribution >= 0.6 is 0 Å². The lowest BCUT2D eigenvalue weighted by Crippen LogP contribution is -2.42. The van der Waals surface area contributed by atoms with Crippen molar-refractivity contribution < 1.29 is 19.1 Å². The Morgan fingerprint density at radius 3 is 2.74 bits per heavy atom. The summed E-state index contributed by atoms with van der Waals surface area (Å²) < 4.78 is 11.4. The van der Waals surface area contributed by atoms with Gasteiger partial charge >= 0.3 is 0 Å². The summed E-state index contributed by atoms with van der Waals surface area (Å²) in [6, 6.07) is 12.8. The summed E-state index contributed by atoms with van der Waals surface area (Å²) in [4.78, 5) is 24.8. The molecule has 1 aliphatic heterocycles. The number of nitrogens with one attached hydrogen (secondary N) is 1. The molecule has 1 amide bonds. The Labute approximate surface area is 157 Å². The van der Waals surface area contributed by atoms with Crippen molar-refractivity contribution in [1.29, 1.82) is 0 Å². The number of carbonyl (C=O) groups is 2. The number of primary amides is 1. The van der Waals surface area contributed by atoms with Crippen LogP contribution in [0.15, 0.2) is 42.5 Å². The molecular weight excluding hydrogens is 344 g/mol. The molecule has 1 aliphatic carbocycles. The van der Waals surface area contributed by atoms with Gasteiger partial charge in [-0.1, -0.05) is 18.2 Å². The number of Topliss-reactive ketones (excluding diaryl/α,β-unsaturated/α-hetero) is 1. The average molecular weight is 366 g/mol. The van der Waals surface area contributed by atoms with Gasteiger partial charge in [0.15, 0.2) is 11.9 Å². The molecule has 2 aromatic rings. The molecule has 1 heterocycles. The zero-order valence-electron chi connectivity index (χ0n) is 15.2. The van der Waals surface area contributed by atoms with E-state index < -0.39 is 17.4 Å². The van der Waals surface area contributed by atoms with Crippen molar-refractivity contribution in [3.63, 3.8) is 0 Å². The summed E-state index contributed by atoms with van der Waals surface area (Å²) in [5.41, 5.74) is 7.09. The highest BCUT2D eigenvalue weighted by Gasteiger charge is 2.54. The van der Waals surface area contributed by atoms with Gasteiger partial charge in [0.1, 0.15) is 11.5 Å². The molecule has 0 bridgehead atoms. The van der Waals surface area contributed by atoms with Gasteiger partial charge in [-0.15, -0.1) is 0 Å². The third-order valence-electron chi connectivity index (χ3n) is 5.40. The van der Waals surface area contributed by atoms with E-state index in [-0.39, 0.29) is 5.78 Å². The molecule has 3 N–H and O–H groups in total. The monoisotopic (exact) mass is 366 g/mol. The van der Waals surface area contributed by atoms with Gasteiger partial charge in [-0.2, -0.15) is 0 Å². The minimum atomic E-state index is -0.622. The van der Waals surface area contributed by atoms with Gasteiger partial charge in [-0.25, -0.2) is 0 Å². The van der Waals surface area contributed by atoms with E-state index in [0.717, 1.165) is 29.7 Å². The summed E-state index contributed by atoms with van der Waals surface area (Å²) in [6.07, 6.45) is 0.975. The molecule has 0 aromatic heterocycles. The maximum atomic E-state index is 13.4. The predicted molar refractivity (Wildman–Crippen MR) is 100.0 cm³/mol. The Bertz CT molecular complexity index is 905. The maximum Gasteiger partial charge on any atom is 0.248 e. The molecule has 140 valence electrons. The fourth-order valence-corrected chi connectivity index (χ4v) is 3.67. The van der Waals surface area contributed by atoms with Crippen LogP contribution in [0.1, 0.15) is 34.3 Å². The lowest BCUT2D eigenvalue weighted by Gasteiger charge is -2.23. The Balaban J connectivity index is 1.62. The van der Waals surface area contributed by atoms with E-state index in [0.29, 0.717) is 24.4 Å². The van der Waals surface area contributed by atoms with Crippen molar-refractivity contribution in [3.8, 4) is 11.5 Å². The van der Waals surface area contributed by atoms with Gasteiger partial charge < -0.3 is 20.5 Å². The SMILES string of the molecule is COc1cccc(C2(C(=O)C3CNCc4ccc(C(N)=O)cc4O3)CC2)c1. The van der Waals surface area contributed by atoms with E-state index in [1.165, 1.54) is 0 Å². The summed E-state index contributed by atoms with van der Waals surface area (Å²) in [7, 11) is 1.62. The number of fused-ring (bicyclic) bond motifs is 1. The van der Waals surface area contributed by atoms with Crippen LogP contribution in [0.4, 0.5) is 0 Å². The number of benzene rings is 2. The van der Waals surface area contributed by atoms with Crippen molar-refractivity contribution in [1.82, 2.24) is 5.32 Å².